The first-order valence-corrected chi connectivity index (χ1v) is 12.0. The average Bonchev–Trinajstić information content (AvgIpc) is 2.89. The topological polar surface area (TPSA) is 83.0 Å². The minimum atomic E-state index is -2.81. The summed E-state index contributed by atoms with van der Waals surface area (Å²) in [5, 5.41) is 6.58. The molecule has 2 fully saturated rings. The third-order valence-electron chi connectivity index (χ3n) is 5.02. The molecule has 1 aliphatic carbocycles. The summed E-state index contributed by atoms with van der Waals surface area (Å²) >= 11 is 0. The van der Waals surface area contributed by atoms with Crippen LogP contribution in [0.15, 0.2) is 4.99 Å². The molecule has 0 amide bonds. The van der Waals surface area contributed by atoms with Crippen molar-refractivity contribution in [2.75, 3.05) is 57.4 Å². The number of hydrogen-bond donors (Lipinski definition) is 2. The van der Waals surface area contributed by atoms with Crippen molar-refractivity contribution in [1.82, 2.24) is 15.5 Å². The lowest BCUT2D eigenvalue weighted by molar-refractivity contribution is 0.0468. The number of sulfone groups is 1. The molecule has 1 heterocycles. The van der Waals surface area contributed by atoms with Crippen LogP contribution in [0.3, 0.4) is 0 Å². The Balaban J connectivity index is 1.62. The first-order chi connectivity index (χ1) is 12.6. The van der Waals surface area contributed by atoms with Crippen LogP contribution >= 0.6 is 0 Å². The van der Waals surface area contributed by atoms with E-state index in [1.807, 2.05) is 0 Å². The molecular formula is C18H36N4O3S. The van der Waals surface area contributed by atoms with E-state index in [0.717, 1.165) is 25.6 Å². The van der Waals surface area contributed by atoms with E-state index in [9.17, 15) is 8.42 Å². The zero-order valence-electron chi connectivity index (χ0n) is 16.2. The fraction of sp³-hybridized carbons (Fsp3) is 0.944. The molecule has 1 saturated heterocycles. The monoisotopic (exact) mass is 388 g/mol. The Morgan fingerprint density at radius 3 is 2.46 bits per heavy atom. The van der Waals surface area contributed by atoms with Gasteiger partial charge in [-0.25, -0.2) is 8.42 Å². The maximum Gasteiger partial charge on any atom is 0.191 e. The van der Waals surface area contributed by atoms with Gasteiger partial charge in [0.2, 0.25) is 0 Å². The van der Waals surface area contributed by atoms with Crippen molar-refractivity contribution in [3.63, 3.8) is 0 Å². The van der Waals surface area contributed by atoms with Crippen molar-refractivity contribution in [1.29, 1.82) is 0 Å². The van der Waals surface area contributed by atoms with Gasteiger partial charge >= 0.3 is 0 Å². The minimum Gasteiger partial charge on any atom is -0.376 e. The predicted octanol–water partition coefficient (Wildman–Crippen LogP) is 1.01. The second-order valence-corrected chi connectivity index (χ2v) is 9.47. The van der Waals surface area contributed by atoms with Gasteiger partial charge in [-0.15, -0.1) is 0 Å². The molecule has 7 nitrogen and oxygen atoms in total. The third kappa shape index (κ3) is 8.68. The molecule has 0 radical (unpaired) electrons. The van der Waals surface area contributed by atoms with Crippen LogP contribution in [-0.2, 0) is 14.6 Å². The number of nitrogens with zero attached hydrogens (tertiary/aromatic N) is 2. The largest absolute Gasteiger partial charge is 0.376 e. The maximum atomic E-state index is 11.5. The van der Waals surface area contributed by atoms with Crippen LogP contribution in [0.25, 0.3) is 0 Å². The van der Waals surface area contributed by atoms with Crippen LogP contribution in [0, 0.1) is 0 Å². The van der Waals surface area contributed by atoms with Crippen LogP contribution < -0.4 is 10.6 Å². The summed E-state index contributed by atoms with van der Waals surface area (Å²) in [5.74, 6) is 1.35. The molecule has 0 atom stereocenters. The molecule has 26 heavy (non-hydrogen) atoms. The van der Waals surface area contributed by atoms with Crippen molar-refractivity contribution in [3.05, 3.63) is 0 Å². The molecule has 8 heteroatoms. The van der Waals surface area contributed by atoms with E-state index < -0.39 is 9.84 Å². The molecule has 152 valence electrons. The molecule has 1 saturated carbocycles. The SMILES string of the molecule is CCNC(=NCCN1CCS(=O)(=O)CC1)NCCOC1CCCCCC1. The summed E-state index contributed by atoms with van der Waals surface area (Å²) < 4.78 is 28.9. The van der Waals surface area contributed by atoms with E-state index in [4.69, 9.17) is 4.74 Å². The number of nitrogens with one attached hydrogen (secondary N) is 2. The fourth-order valence-corrected chi connectivity index (χ4v) is 4.70. The van der Waals surface area contributed by atoms with Crippen LogP contribution in [-0.4, -0.2) is 82.8 Å². The lowest BCUT2D eigenvalue weighted by Gasteiger charge is -2.25. The summed E-state index contributed by atoms with van der Waals surface area (Å²) in [5.41, 5.74) is 0. The number of ether oxygens (including phenoxy) is 1. The summed E-state index contributed by atoms with van der Waals surface area (Å²) in [6, 6.07) is 0. The summed E-state index contributed by atoms with van der Waals surface area (Å²) in [6.45, 7) is 7.03. The van der Waals surface area contributed by atoms with Crippen molar-refractivity contribution < 1.29 is 13.2 Å². The van der Waals surface area contributed by atoms with Crippen molar-refractivity contribution in [3.8, 4) is 0 Å². The Hall–Kier alpha value is -0.860. The second-order valence-electron chi connectivity index (χ2n) is 7.17. The van der Waals surface area contributed by atoms with Gasteiger partial charge in [0.05, 0.1) is 30.8 Å². The lowest BCUT2D eigenvalue weighted by atomic mass is 10.1. The second kappa shape index (κ2) is 11.8. The standard InChI is InChI=1S/C18H36N4O3S/c1-2-19-18(20-9-11-22-12-15-26(23,24)16-13-22)21-10-14-25-17-7-5-3-4-6-8-17/h17H,2-16H2,1H3,(H2,19,20,21). The van der Waals surface area contributed by atoms with Gasteiger partial charge in [0, 0.05) is 32.7 Å². The number of rotatable bonds is 8. The van der Waals surface area contributed by atoms with Gasteiger partial charge in [-0.3, -0.25) is 9.89 Å². The Bertz CT molecular complexity index is 503. The highest BCUT2D eigenvalue weighted by Gasteiger charge is 2.20. The molecule has 2 N–H and O–H groups in total. The van der Waals surface area contributed by atoms with Crippen LogP contribution in [0.5, 0.6) is 0 Å². The lowest BCUT2D eigenvalue weighted by Crippen LogP contribution is -2.42. The normalized spacial score (nSPS) is 22.7. The molecule has 0 aromatic rings. The Labute approximate surface area is 158 Å². The predicted molar refractivity (Wildman–Crippen MR) is 107 cm³/mol. The Kier molecular flexibility index (Phi) is 9.71. The molecular weight excluding hydrogens is 352 g/mol. The Morgan fingerprint density at radius 1 is 1.12 bits per heavy atom. The van der Waals surface area contributed by atoms with Crippen LogP contribution in [0.2, 0.25) is 0 Å². The van der Waals surface area contributed by atoms with Gasteiger partial charge in [-0.05, 0) is 19.8 Å². The molecule has 0 spiro atoms. The van der Waals surface area contributed by atoms with Crippen LogP contribution in [0.4, 0.5) is 0 Å². The van der Waals surface area contributed by atoms with Gasteiger partial charge in [0.15, 0.2) is 15.8 Å². The smallest absolute Gasteiger partial charge is 0.191 e. The zero-order chi connectivity index (χ0) is 18.7. The molecule has 1 aliphatic heterocycles. The Morgan fingerprint density at radius 2 is 1.81 bits per heavy atom. The van der Waals surface area contributed by atoms with Gasteiger partial charge in [-0.1, -0.05) is 25.7 Å². The molecule has 0 aromatic carbocycles. The van der Waals surface area contributed by atoms with E-state index in [0.29, 0.717) is 32.3 Å². The first-order valence-electron chi connectivity index (χ1n) is 10.2. The zero-order valence-corrected chi connectivity index (χ0v) is 17.0. The average molecular weight is 389 g/mol. The van der Waals surface area contributed by atoms with Crippen molar-refractivity contribution in [2.45, 2.75) is 51.6 Å². The van der Waals surface area contributed by atoms with Crippen molar-refractivity contribution >= 4 is 15.8 Å². The van der Waals surface area contributed by atoms with Gasteiger partial charge in [0.25, 0.3) is 0 Å². The quantitative estimate of drug-likeness (QED) is 0.279. The highest BCUT2D eigenvalue weighted by atomic mass is 32.2. The molecule has 0 aromatic heterocycles. The highest BCUT2D eigenvalue weighted by molar-refractivity contribution is 7.91. The van der Waals surface area contributed by atoms with Crippen LogP contribution in [0.1, 0.15) is 45.4 Å². The first kappa shape index (κ1) is 21.4. The number of guanidine groups is 1. The highest BCUT2D eigenvalue weighted by Crippen LogP contribution is 2.19. The maximum absolute atomic E-state index is 11.5. The molecule has 0 unspecified atom stereocenters. The molecule has 2 rings (SSSR count). The minimum absolute atomic E-state index is 0.271. The van der Waals surface area contributed by atoms with E-state index in [1.165, 1.54) is 38.5 Å². The fourth-order valence-electron chi connectivity index (χ4n) is 3.42. The van der Waals surface area contributed by atoms with Crippen molar-refractivity contribution in [2.24, 2.45) is 4.99 Å². The van der Waals surface area contributed by atoms with E-state index in [1.54, 1.807) is 0 Å². The summed E-state index contributed by atoms with van der Waals surface area (Å²) in [6.07, 6.45) is 8.09. The van der Waals surface area contributed by atoms with E-state index >= 15 is 0 Å². The van der Waals surface area contributed by atoms with E-state index in [2.05, 4.69) is 27.4 Å². The summed E-state index contributed by atoms with van der Waals surface area (Å²) in [7, 11) is -2.81. The number of hydrogen-bond acceptors (Lipinski definition) is 5. The van der Waals surface area contributed by atoms with Gasteiger partial charge < -0.3 is 15.4 Å². The molecule has 0 bridgehead atoms. The third-order valence-corrected chi connectivity index (χ3v) is 6.63. The molecule has 2 aliphatic rings. The summed E-state index contributed by atoms with van der Waals surface area (Å²) in [4.78, 5) is 6.76. The van der Waals surface area contributed by atoms with E-state index in [-0.39, 0.29) is 11.5 Å². The number of aliphatic imine (C=N–C) groups is 1. The van der Waals surface area contributed by atoms with Gasteiger partial charge in [0.1, 0.15) is 0 Å². The van der Waals surface area contributed by atoms with Gasteiger partial charge in [-0.2, -0.15) is 0 Å².